The summed E-state index contributed by atoms with van der Waals surface area (Å²) in [6.45, 7) is 1.97. The normalized spacial score (nSPS) is 15.4. The van der Waals surface area contributed by atoms with E-state index in [4.69, 9.17) is 5.73 Å². The van der Waals surface area contributed by atoms with Gasteiger partial charge in [0.05, 0.1) is 21.3 Å². The molecule has 0 saturated heterocycles. The number of hydrogen-bond acceptors (Lipinski definition) is 6. The lowest BCUT2D eigenvalue weighted by Crippen LogP contribution is -2.16. The molecular formula is C12H18N2O3S2. The molecule has 0 radical (unpaired) electrons. The van der Waals surface area contributed by atoms with Crippen LogP contribution in [0.2, 0.25) is 0 Å². The Kier molecular flexibility index (Phi) is 4.15. The quantitative estimate of drug-likeness (QED) is 0.749. The van der Waals surface area contributed by atoms with Gasteiger partial charge in [-0.1, -0.05) is 6.92 Å². The van der Waals surface area contributed by atoms with E-state index >= 15 is 0 Å². The van der Waals surface area contributed by atoms with E-state index in [1.54, 1.807) is 13.0 Å². The molecule has 0 unspecified atom stereocenters. The Bertz CT molecular complexity index is 574. The lowest BCUT2D eigenvalue weighted by molar-refractivity contribution is 0.0972. The molecule has 0 amide bonds. The molecule has 1 aromatic heterocycles. The van der Waals surface area contributed by atoms with Gasteiger partial charge in [0.15, 0.2) is 15.6 Å². The molecule has 19 heavy (non-hydrogen) atoms. The number of sulfone groups is 1. The van der Waals surface area contributed by atoms with Crippen LogP contribution in [0.25, 0.3) is 0 Å². The van der Waals surface area contributed by atoms with Crippen LogP contribution in [-0.4, -0.2) is 32.3 Å². The minimum Gasteiger partial charge on any atom is -0.397 e. The van der Waals surface area contributed by atoms with Gasteiger partial charge in [0, 0.05) is 18.2 Å². The van der Waals surface area contributed by atoms with Crippen LogP contribution in [0.4, 0.5) is 10.7 Å². The lowest BCUT2D eigenvalue weighted by atomic mass is 10.2. The van der Waals surface area contributed by atoms with Crippen molar-refractivity contribution in [3.8, 4) is 0 Å². The van der Waals surface area contributed by atoms with Crippen LogP contribution < -0.4 is 11.1 Å². The van der Waals surface area contributed by atoms with Crippen molar-refractivity contribution in [2.45, 2.75) is 19.8 Å². The Morgan fingerprint density at radius 3 is 2.79 bits per heavy atom. The van der Waals surface area contributed by atoms with Crippen LogP contribution in [0.5, 0.6) is 0 Å². The second-order valence-corrected chi connectivity index (χ2v) is 8.22. The Balaban J connectivity index is 1.95. The molecule has 1 heterocycles. The van der Waals surface area contributed by atoms with Crippen molar-refractivity contribution in [1.82, 2.24) is 0 Å². The molecule has 1 aliphatic carbocycles. The van der Waals surface area contributed by atoms with Crippen LogP contribution in [0.3, 0.4) is 0 Å². The summed E-state index contributed by atoms with van der Waals surface area (Å²) in [4.78, 5) is 12.5. The molecule has 7 heteroatoms. The molecule has 1 saturated carbocycles. The van der Waals surface area contributed by atoms with Crippen molar-refractivity contribution < 1.29 is 13.2 Å². The van der Waals surface area contributed by atoms with Crippen LogP contribution in [0.1, 0.15) is 29.4 Å². The van der Waals surface area contributed by atoms with Crippen LogP contribution in [0, 0.1) is 5.92 Å². The fraction of sp³-hybridized carbons (Fsp3) is 0.583. The molecule has 3 N–H and O–H groups in total. The maximum atomic E-state index is 11.9. The standard InChI is InChI=1S/C12H18N2O3S2/c1-2-19(16,17)6-5-14-10-7-9(13)12(18-10)11(15)8-3-4-8/h7-8,14H,2-6,13H2,1H3. The van der Waals surface area contributed by atoms with E-state index in [0.717, 1.165) is 17.8 Å². The fourth-order valence-electron chi connectivity index (χ4n) is 1.69. The minimum absolute atomic E-state index is 0.0905. The van der Waals surface area contributed by atoms with E-state index in [2.05, 4.69) is 5.32 Å². The van der Waals surface area contributed by atoms with Crippen molar-refractivity contribution in [2.24, 2.45) is 5.92 Å². The summed E-state index contributed by atoms with van der Waals surface area (Å²) in [6.07, 6.45) is 1.90. The first-order valence-electron chi connectivity index (χ1n) is 6.30. The van der Waals surface area contributed by atoms with Gasteiger partial charge in [0.1, 0.15) is 0 Å². The largest absolute Gasteiger partial charge is 0.397 e. The van der Waals surface area contributed by atoms with Crippen LogP contribution in [-0.2, 0) is 9.84 Å². The lowest BCUT2D eigenvalue weighted by Gasteiger charge is -2.03. The van der Waals surface area contributed by atoms with Gasteiger partial charge in [0.25, 0.3) is 0 Å². The molecule has 106 valence electrons. The Labute approximate surface area is 117 Å². The first-order valence-corrected chi connectivity index (χ1v) is 8.94. The fourth-order valence-corrected chi connectivity index (χ4v) is 3.42. The Hall–Kier alpha value is -1.08. The molecule has 2 rings (SSSR count). The molecule has 1 aliphatic rings. The van der Waals surface area contributed by atoms with Gasteiger partial charge in [-0.2, -0.15) is 0 Å². The number of rotatable bonds is 7. The van der Waals surface area contributed by atoms with Crippen molar-refractivity contribution in [1.29, 1.82) is 0 Å². The predicted molar refractivity (Wildman–Crippen MR) is 78.6 cm³/mol. The first kappa shape index (κ1) is 14.3. The van der Waals surface area contributed by atoms with Crippen molar-refractivity contribution in [3.63, 3.8) is 0 Å². The number of ketones is 1. The summed E-state index contributed by atoms with van der Waals surface area (Å²) < 4.78 is 22.7. The van der Waals surface area contributed by atoms with E-state index in [0.29, 0.717) is 17.1 Å². The number of carbonyl (C=O) groups is 1. The maximum absolute atomic E-state index is 11.9. The van der Waals surface area contributed by atoms with Gasteiger partial charge < -0.3 is 11.1 Å². The summed E-state index contributed by atoms with van der Waals surface area (Å²) in [6, 6.07) is 1.71. The van der Waals surface area contributed by atoms with Crippen molar-refractivity contribution in [2.75, 3.05) is 29.1 Å². The summed E-state index contributed by atoms with van der Waals surface area (Å²) in [5.41, 5.74) is 6.31. The van der Waals surface area contributed by atoms with Gasteiger partial charge in [-0.05, 0) is 18.9 Å². The highest BCUT2D eigenvalue weighted by Crippen LogP contribution is 2.38. The number of carbonyl (C=O) groups excluding carboxylic acids is 1. The second kappa shape index (κ2) is 5.50. The van der Waals surface area contributed by atoms with E-state index in [1.807, 2.05) is 0 Å². The smallest absolute Gasteiger partial charge is 0.178 e. The summed E-state index contributed by atoms with van der Waals surface area (Å²) in [7, 11) is -2.97. The predicted octanol–water partition coefficient (Wildman–Crippen LogP) is 1.77. The Morgan fingerprint density at radius 2 is 2.21 bits per heavy atom. The second-order valence-electron chi connectivity index (χ2n) is 4.70. The van der Waals surface area contributed by atoms with Gasteiger partial charge in [-0.3, -0.25) is 4.79 Å². The molecule has 1 aromatic rings. The van der Waals surface area contributed by atoms with E-state index < -0.39 is 9.84 Å². The SMILES string of the molecule is CCS(=O)(=O)CCNc1cc(N)c(C(=O)C2CC2)s1. The van der Waals surface area contributed by atoms with Gasteiger partial charge in [0.2, 0.25) is 0 Å². The van der Waals surface area contributed by atoms with Gasteiger partial charge >= 0.3 is 0 Å². The average molecular weight is 302 g/mol. The molecule has 5 nitrogen and oxygen atoms in total. The number of nitrogens with two attached hydrogens (primary N) is 1. The summed E-state index contributed by atoms with van der Waals surface area (Å²) >= 11 is 1.31. The monoisotopic (exact) mass is 302 g/mol. The number of anilines is 2. The highest BCUT2D eigenvalue weighted by atomic mass is 32.2. The summed E-state index contributed by atoms with van der Waals surface area (Å²) in [5, 5.41) is 3.77. The average Bonchev–Trinajstić information content (AvgIpc) is 3.13. The third-order valence-corrected chi connectivity index (χ3v) is 5.91. The molecule has 0 aromatic carbocycles. The highest BCUT2D eigenvalue weighted by Gasteiger charge is 2.32. The van der Waals surface area contributed by atoms with Crippen LogP contribution >= 0.6 is 11.3 Å². The third-order valence-electron chi connectivity index (χ3n) is 3.08. The van der Waals surface area contributed by atoms with Crippen molar-refractivity contribution >= 4 is 37.6 Å². The molecule has 0 spiro atoms. The molecule has 1 fully saturated rings. The molecule has 0 aliphatic heterocycles. The molecular weight excluding hydrogens is 284 g/mol. The highest BCUT2D eigenvalue weighted by molar-refractivity contribution is 7.91. The third kappa shape index (κ3) is 3.70. The maximum Gasteiger partial charge on any atom is 0.178 e. The number of nitrogen functional groups attached to an aromatic ring is 1. The van der Waals surface area contributed by atoms with Crippen LogP contribution in [0.15, 0.2) is 6.07 Å². The number of Topliss-reactive ketones (excluding diaryl/α,β-unsaturated/α-hetero) is 1. The van der Waals surface area contributed by atoms with Gasteiger partial charge in [-0.15, -0.1) is 11.3 Å². The van der Waals surface area contributed by atoms with Crippen molar-refractivity contribution in [3.05, 3.63) is 10.9 Å². The number of thiophene rings is 1. The number of hydrogen-bond donors (Lipinski definition) is 2. The molecule has 0 atom stereocenters. The van der Waals surface area contributed by atoms with E-state index in [1.165, 1.54) is 11.3 Å². The molecule has 0 bridgehead atoms. The zero-order chi connectivity index (χ0) is 14.0. The summed E-state index contributed by atoms with van der Waals surface area (Å²) in [5.74, 6) is 0.505. The van der Waals surface area contributed by atoms with E-state index in [-0.39, 0.29) is 23.2 Å². The zero-order valence-corrected chi connectivity index (χ0v) is 12.4. The minimum atomic E-state index is -2.97. The first-order chi connectivity index (χ1) is 8.93. The topological polar surface area (TPSA) is 89.3 Å². The van der Waals surface area contributed by atoms with Gasteiger partial charge in [-0.25, -0.2) is 8.42 Å². The number of nitrogens with one attached hydrogen (secondary N) is 1. The zero-order valence-electron chi connectivity index (χ0n) is 10.8. The van der Waals surface area contributed by atoms with E-state index in [9.17, 15) is 13.2 Å². The Morgan fingerprint density at radius 1 is 1.53 bits per heavy atom.